The summed E-state index contributed by atoms with van der Waals surface area (Å²) in [5.41, 5.74) is 5.08. The minimum atomic E-state index is -3.87. The maximum atomic E-state index is 13.0. The number of carbonyl (C=O) groups excluding carboxylic acids is 1. The van der Waals surface area contributed by atoms with Gasteiger partial charge >= 0.3 is 0 Å². The molecular formula is C12H16FN3O3S. The Hall–Kier alpha value is -1.67. The van der Waals surface area contributed by atoms with Crippen molar-refractivity contribution in [3.8, 4) is 0 Å². The normalized spacial score (nSPS) is 15.6. The molecule has 0 aliphatic carbocycles. The molecule has 8 heteroatoms. The number of nitrogens with one attached hydrogen (secondary N) is 1. The van der Waals surface area contributed by atoms with Crippen molar-refractivity contribution in [3.05, 3.63) is 24.0 Å². The Kier molecular flexibility index (Phi) is 4.24. The summed E-state index contributed by atoms with van der Waals surface area (Å²) < 4.78 is 39.1. The summed E-state index contributed by atoms with van der Waals surface area (Å²) in [4.78, 5) is 13.2. The van der Waals surface area contributed by atoms with Crippen LogP contribution < -0.4 is 10.5 Å². The third-order valence-electron chi connectivity index (χ3n) is 3.15. The van der Waals surface area contributed by atoms with Gasteiger partial charge in [-0.3, -0.25) is 4.79 Å². The van der Waals surface area contributed by atoms with Gasteiger partial charge in [-0.15, -0.1) is 0 Å². The van der Waals surface area contributed by atoms with E-state index in [1.165, 1.54) is 0 Å². The van der Waals surface area contributed by atoms with E-state index in [2.05, 4.69) is 4.72 Å². The second-order valence-electron chi connectivity index (χ2n) is 4.60. The van der Waals surface area contributed by atoms with Gasteiger partial charge in [-0.25, -0.2) is 17.5 Å². The Labute approximate surface area is 116 Å². The number of sulfonamides is 1. The zero-order chi connectivity index (χ0) is 14.8. The lowest BCUT2D eigenvalue weighted by Crippen LogP contribution is -2.38. The van der Waals surface area contributed by atoms with Crippen LogP contribution in [0, 0.1) is 5.82 Å². The molecule has 0 radical (unpaired) electrons. The van der Waals surface area contributed by atoms with Gasteiger partial charge in [0.15, 0.2) is 0 Å². The molecule has 2 rings (SSSR count). The first-order chi connectivity index (χ1) is 9.40. The van der Waals surface area contributed by atoms with Crippen LogP contribution in [0.4, 0.5) is 10.1 Å². The Morgan fingerprint density at radius 1 is 1.35 bits per heavy atom. The molecule has 1 amide bonds. The number of anilines is 1. The van der Waals surface area contributed by atoms with Gasteiger partial charge in [-0.05, 0) is 31.0 Å². The summed E-state index contributed by atoms with van der Waals surface area (Å²) in [6.45, 7) is 1.01. The first-order valence-electron chi connectivity index (χ1n) is 6.22. The first-order valence-corrected chi connectivity index (χ1v) is 7.71. The lowest BCUT2D eigenvalue weighted by Gasteiger charge is -2.15. The zero-order valence-corrected chi connectivity index (χ0v) is 11.6. The van der Waals surface area contributed by atoms with Crippen LogP contribution in [-0.2, 0) is 14.8 Å². The van der Waals surface area contributed by atoms with Crippen molar-refractivity contribution in [2.75, 3.05) is 25.4 Å². The fraction of sp³-hybridized carbons (Fsp3) is 0.417. The highest BCUT2D eigenvalue weighted by molar-refractivity contribution is 7.89. The Bertz CT molecular complexity index is 612. The Morgan fingerprint density at radius 3 is 2.60 bits per heavy atom. The van der Waals surface area contributed by atoms with Gasteiger partial charge < -0.3 is 10.6 Å². The summed E-state index contributed by atoms with van der Waals surface area (Å²) in [6.07, 6.45) is 1.87. The van der Waals surface area contributed by atoms with E-state index in [1.807, 2.05) is 0 Å². The number of nitrogens with zero attached hydrogens (tertiary/aromatic N) is 1. The van der Waals surface area contributed by atoms with Crippen molar-refractivity contribution in [3.63, 3.8) is 0 Å². The van der Waals surface area contributed by atoms with Gasteiger partial charge in [0.25, 0.3) is 0 Å². The van der Waals surface area contributed by atoms with Gasteiger partial charge in [0, 0.05) is 13.1 Å². The van der Waals surface area contributed by atoms with E-state index in [1.54, 1.807) is 4.90 Å². The van der Waals surface area contributed by atoms with Gasteiger partial charge in [-0.2, -0.15) is 0 Å². The van der Waals surface area contributed by atoms with E-state index in [9.17, 15) is 17.6 Å². The van der Waals surface area contributed by atoms with E-state index in [0.717, 1.165) is 31.0 Å². The number of likely N-dealkylation sites (tertiary alicyclic amines) is 1. The van der Waals surface area contributed by atoms with Crippen LogP contribution >= 0.6 is 0 Å². The van der Waals surface area contributed by atoms with Crippen LogP contribution in [0.2, 0.25) is 0 Å². The van der Waals surface area contributed by atoms with Crippen molar-refractivity contribution in [1.29, 1.82) is 0 Å². The molecule has 1 saturated heterocycles. The number of hydrogen-bond acceptors (Lipinski definition) is 4. The second kappa shape index (κ2) is 5.76. The highest BCUT2D eigenvalue weighted by Crippen LogP contribution is 2.16. The molecule has 0 atom stereocenters. The number of rotatable bonds is 4. The third-order valence-corrected chi connectivity index (χ3v) is 4.55. The number of carbonyl (C=O) groups is 1. The van der Waals surface area contributed by atoms with E-state index >= 15 is 0 Å². The summed E-state index contributed by atoms with van der Waals surface area (Å²) >= 11 is 0. The fourth-order valence-electron chi connectivity index (χ4n) is 2.01. The lowest BCUT2D eigenvalue weighted by atomic mass is 10.3. The number of amides is 1. The van der Waals surface area contributed by atoms with Gasteiger partial charge in [-0.1, -0.05) is 0 Å². The van der Waals surface area contributed by atoms with Crippen molar-refractivity contribution in [1.82, 2.24) is 9.62 Å². The molecule has 0 saturated carbocycles. The quantitative estimate of drug-likeness (QED) is 0.783. The molecule has 0 spiro atoms. The number of halogens is 1. The average Bonchev–Trinajstić information content (AvgIpc) is 2.93. The largest absolute Gasteiger partial charge is 0.396 e. The number of benzene rings is 1. The highest BCUT2D eigenvalue weighted by Gasteiger charge is 2.21. The summed E-state index contributed by atoms with van der Waals surface area (Å²) in [5, 5.41) is 0. The molecule has 0 unspecified atom stereocenters. The van der Waals surface area contributed by atoms with Crippen molar-refractivity contribution < 1.29 is 17.6 Å². The second-order valence-corrected chi connectivity index (χ2v) is 6.36. The SMILES string of the molecule is Nc1cc(S(=O)(=O)NCC(=O)N2CCCC2)ccc1F. The van der Waals surface area contributed by atoms with Crippen LogP contribution in [0.15, 0.2) is 23.1 Å². The van der Waals surface area contributed by atoms with E-state index in [4.69, 9.17) is 5.73 Å². The topological polar surface area (TPSA) is 92.5 Å². The van der Waals surface area contributed by atoms with Crippen molar-refractivity contribution in [2.45, 2.75) is 17.7 Å². The predicted octanol–water partition coefficient (Wildman–Crippen LogP) is 0.309. The van der Waals surface area contributed by atoms with Crippen LogP contribution in [0.5, 0.6) is 0 Å². The van der Waals surface area contributed by atoms with Crippen LogP contribution in [0.25, 0.3) is 0 Å². The Morgan fingerprint density at radius 2 is 2.00 bits per heavy atom. The lowest BCUT2D eigenvalue weighted by molar-refractivity contribution is -0.128. The molecule has 20 heavy (non-hydrogen) atoms. The van der Waals surface area contributed by atoms with E-state index in [0.29, 0.717) is 13.1 Å². The molecule has 3 N–H and O–H groups in total. The monoisotopic (exact) mass is 301 g/mol. The summed E-state index contributed by atoms with van der Waals surface area (Å²) in [7, 11) is -3.87. The number of hydrogen-bond donors (Lipinski definition) is 2. The van der Waals surface area contributed by atoms with Crippen molar-refractivity contribution >= 4 is 21.6 Å². The smallest absolute Gasteiger partial charge is 0.241 e. The van der Waals surface area contributed by atoms with Crippen LogP contribution in [0.1, 0.15) is 12.8 Å². The molecule has 1 aliphatic rings. The molecule has 110 valence electrons. The zero-order valence-electron chi connectivity index (χ0n) is 10.8. The van der Waals surface area contributed by atoms with Crippen LogP contribution in [0.3, 0.4) is 0 Å². The molecule has 1 aliphatic heterocycles. The molecular weight excluding hydrogens is 285 g/mol. The predicted molar refractivity (Wildman–Crippen MR) is 71.8 cm³/mol. The third kappa shape index (κ3) is 3.26. The Balaban J connectivity index is 2.03. The van der Waals surface area contributed by atoms with Gasteiger partial charge in [0.2, 0.25) is 15.9 Å². The van der Waals surface area contributed by atoms with Crippen LogP contribution in [-0.4, -0.2) is 38.9 Å². The number of nitrogen functional groups attached to an aromatic ring is 1. The summed E-state index contributed by atoms with van der Waals surface area (Å²) in [5.74, 6) is -0.946. The van der Waals surface area contributed by atoms with E-state index < -0.39 is 15.8 Å². The maximum Gasteiger partial charge on any atom is 0.241 e. The molecule has 6 nitrogen and oxygen atoms in total. The standard InChI is InChI=1S/C12H16FN3O3S/c13-10-4-3-9(7-11(10)14)20(18,19)15-8-12(17)16-5-1-2-6-16/h3-4,7,15H,1-2,5-6,8,14H2. The molecule has 0 bridgehead atoms. The van der Waals surface area contributed by atoms with Gasteiger partial charge in [0.05, 0.1) is 17.1 Å². The maximum absolute atomic E-state index is 13.0. The molecule has 1 aromatic rings. The first kappa shape index (κ1) is 14.7. The minimum Gasteiger partial charge on any atom is -0.396 e. The average molecular weight is 301 g/mol. The molecule has 1 aromatic carbocycles. The fourth-order valence-corrected chi connectivity index (χ4v) is 3.02. The van der Waals surface area contributed by atoms with E-state index in [-0.39, 0.29) is 23.0 Å². The highest BCUT2D eigenvalue weighted by atomic mass is 32.2. The minimum absolute atomic E-state index is 0.161. The molecule has 0 aromatic heterocycles. The van der Waals surface area contributed by atoms with Crippen molar-refractivity contribution in [2.24, 2.45) is 0 Å². The molecule has 1 heterocycles. The number of nitrogens with two attached hydrogens (primary N) is 1. The molecule has 1 fully saturated rings. The van der Waals surface area contributed by atoms with Gasteiger partial charge in [0.1, 0.15) is 5.82 Å². The summed E-state index contributed by atoms with van der Waals surface area (Å²) in [6, 6.07) is 3.11.